The van der Waals surface area contributed by atoms with E-state index in [0.29, 0.717) is 13.1 Å². The number of aromatic nitrogens is 2. The molecule has 1 heterocycles. The molecule has 0 aromatic carbocycles. The number of sulfonamides is 1. The van der Waals surface area contributed by atoms with Gasteiger partial charge in [0.1, 0.15) is 17.5 Å². The molecule has 114 valence electrons. The number of anilines is 2. The molecule has 0 saturated heterocycles. The third kappa shape index (κ3) is 5.30. The van der Waals surface area contributed by atoms with E-state index in [4.69, 9.17) is 0 Å². The van der Waals surface area contributed by atoms with Crippen LogP contribution in [-0.4, -0.2) is 44.3 Å². The first-order chi connectivity index (χ1) is 9.37. The average Bonchev–Trinajstić information content (AvgIpc) is 2.37. The van der Waals surface area contributed by atoms with Gasteiger partial charge in [-0.05, 0) is 13.8 Å². The van der Waals surface area contributed by atoms with E-state index < -0.39 is 10.0 Å². The molecule has 0 aliphatic heterocycles. The van der Waals surface area contributed by atoms with Gasteiger partial charge in [0.05, 0.1) is 6.26 Å². The Kier molecular flexibility index (Phi) is 6.15. The zero-order valence-electron chi connectivity index (χ0n) is 12.4. The van der Waals surface area contributed by atoms with Crippen LogP contribution in [-0.2, 0) is 16.4 Å². The van der Waals surface area contributed by atoms with Crippen LogP contribution in [0.15, 0.2) is 0 Å². The van der Waals surface area contributed by atoms with E-state index in [9.17, 15) is 8.42 Å². The van der Waals surface area contributed by atoms with Gasteiger partial charge >= 0.3 is 0 Å². The minimum absolute atomic E-state index is 0.320. The first-order valence-electron chi connectivity index (χ1n) is 6.67. The lowest BCUT2D eigenvalue weighted by molar-refractivity contribution is 0.589. The number of nitrogens with one attached hydrogen (secondary N) is 3. The first kappa shape index (κ1) is 16.6. The maximum absolute atomic E-state index is 11.0. The quantitative estimate of drug-likeness (QED) is 0.613. The van der Waals surface area contributed by atoms with Crippen molar-refractivity contribution in [1.82, 2.24) is 14.7 Å². The highest BCUT2D eigenvalue weighted by Gasteiger charge is 2.09. The van der Waals surface area contributed by atoms with Gasteiger partial charge in [-0.3, -0.25) is 0 Å². The number of rotatable bonds is 8. The van der Waals surface area contributed by atoms with Crippen molar-refractivity contribution in [3.8, 4) is 0 Å². The van der Waals surface area contributed by atoms with E-state index in [2.05, 4.69) is 25.3 Å². The van der Waals surface area contributed by atoms with Gasteiger partial charge < -0.3 is 10.6 Å². The first-order valence-corrected chi connectivity index (χ1v) is 8.56. The largest absolute Gasteiger partial charge is 0.370 e. The molecule has 0 radical (unpaired) electrons. The summed E-state index contributed by atoms with van der Waals surface area (Å²) in [5.74, 6) is 2.31. The Morgan fingerprint density at radius 1 is 1.05 bits per heavy atom. The molecule has 1 aromatic heterocycles. The maximum atomic E-state index is 11.0. The summed E-state index contributed by atoms with van der Waals surface area (Å²) in [6, 6.07) is 0. The molecule has 0 aliphatic carbocycles. The van der Waals surface area contributed by atoms with Crippen molar-refractivity contribution in [3.05, 3.63) is 11.4 Å². The summed E-state index contributed by atoms with van der Waals surface area (Å²) in [6.45, 7) is 7.52. The normalized spacial score (nSPS) is 11.4. The summed E-state index contributed by atoms with van der Waals surface area (Å²) in [6.07, 6.45) is 1.89. The van der Waals surface area contributed by atoms with Gasteiger partial charge in [0.15, 0.2) is 0 Å². The fourth-order valence-electron chi connectivity index (χ4n) is 1.65. The highest BCUT2D eigenvalue weighted by Crippen LogP contribution is 2.19. The van der Waals surface area contributed by atoms with Crippen molar-refractivity contribution in [1.29, 1.82) is 0 Å². The van der Waals surface area contributed by atoms with Crippen LogP contribution in [0.2, 0.25) is 0 Å². The van der Waals surface area contributed by atoms with E-state index in [0.717, 1.165) is 42.2 Å². The van der Waals surface area contributed by atoms with Crippen LogP contribution in [0.1, 0.15) is 25.2 Å². The maximum Gasteiger partial charge on any atom is 0.208 e. The monoisotopic (exact) mass is 301 g/mol. The molecule has 7 nitrogen and oxygen atoms in total. The second-order valence-corrected chi connectivity index (χ2v) is 6.27. The Labute approximate surface area is 120 Å². The van der Waals surface area contributed by atoms with Crippen LogP contribution in [0.3, 0.4) is 0 Å². The fourth-order valence-corrected chi connectivity index (χ4v) is 2.12. The second-order valence-electron chi connectivity index (χ2n) is 4.44. The molecule has 3 N–H and O–H groups in total. The van der Waals surface area contributed by atoms with Gasteiger partial charge in [-0.2, -0.15) is 0 Å². The molecule has 0 atom stereocenters. The second kappa shape index (κ2) is 7.39. The van der Waals surface area contributed by atoms with Crippen LogP contribution in [0.5, 0.6) is 0 Å². The van der Waals surface area contributed by atoms with Crippen molar-refractivity contribution in [2.45, 2.75) is 27.2 Å². The zero-order chi connectivity index (χ0) is 15.2. The topological polar surface area (TPSA) is 96.0 Å². The van der Waals surface area contributed by atoms with Gasteiger partial charge in [0.2, 0.25) is 10.0 Å². The Hall–Kier alpha value is -1.41. The summed E-state index contributed by atoms with van der Waals surface area (Å²) < 4.78 is 24.4. The Morgan fingerprint density at radius 2 is 1.65 bits per heavy atom. The molecule has 0 saturated carbocycles. The Balaban J connectivity index is 2.75. The van der Waals surface area contributed by atoms with Crippen molar-refractivity contribution >= 4 is 21.7 Å². The summed E-state index contributed by atoms with van der Waals surface area (Å²) >= 11 is 0. The van der Waals surface area contributed by atoms with Crippen molar-refractivity contribution in [2.75, 3.05) is 36.5 Å². The highest BCUT2D eigenvalue weighted by molar-refractivity contribution is 7.88. The molecule has 0 fully saturated rings. The van der Waals surface area contributed by atoms with E-state index in [1.807, 2.05) is 20.8 Å². The molecular weight excluding hydrogens is 278 g/mol. The van der Waals surface area contributed by atoms with Crippen molar-refractivity contribution in [3.63, 3.8) is 0 Å². The van der Waals surface area contributed by atoms with Crippen LogP contribution in [0, 0.1) is 6.92 Å². The van der Waals surface area contributed by atoms with Crippen LogP contribution < -0.4 is 15.4 Å². The van der Waals surface area contributed by atoms with E-state index in [1.54, 1.807) is 0 Å². The van der Waals surface area contributed by atoms with Crippen LogP contribution in [0.4, 0.5) is 11.6 Å². The third-order valence-corrected chi connectivity index (χ3v) is 3.36. The molecular formula is C12H23N5O2S. The lowest BCUT2D eigenvalue weighted by Gasteiger charge is -2.14. The molecule has 0 bridgehead atoms. The smallest absolute Gasteiger partial charge is 0.208 e. The minimum atomic E-state index is -3.15. The summed E-state index contributed by atoms with van der Waals surface area (Å²) in [4.78, 5) is 8.86. The fraction of sp³-hybridized carbons (Fsp3) is 0.667. The molecule has 0 spiro atoms. The van der Waals surface area contributed by atoms with E-state index >= 15 is 0 Å². The van der Waals surface area contributed by atoms with E-state index in [1.165, 1.54) is 0 Å². The Bertz CT molecular complexity index is 545. The standard InChI is InChI=1S/C12H23N5O2S/c1-5-10-16-11(13-6-2)9(3)12(17-10)14-7-8-15-20(4,18)19/h15H,5-8H2,1-4H3,(H2,13,14,16,17). The third-order valence-electron chi connectivity index (χ3n) is 2.63. The number of hydrogen-bond acceptors (Lipinski definition) is 6. The van der Waals surface area contributed by atoms with Crippen LogP contribution >= 0.6 is 0 Å². The number of nitrogens with zero attached hydrogens (tertiary/aromatic N) is 2. The van der Waals surface area contributed by atoms with E-state index in [-0.39, 0.29) is 0 Å². The lowest BCUT2D eigenvalue weighted by atomic mass is 10.3. The molecule has 0 unspecified atom stereocenters. The molecule has 0 amide bonds. The zero-order valence-corrected chi connectivity index (χ0v) is 13.3. The van der Waals surface area contributed by atoms with Crippen LogP contribution in [0.25, 0.3) is 0 Å². The van der Waals surface area contributed by atoms with Crippen molar-refractivity contribution in [2.24, 2.45) is 0 Å². The van der Waals surface area contributed by atoms with Gasteiger partial charge in [-0.15, -0.1) is 0 Å². The Morgan fingerprint density at radius 3 is 2.15 bits per heavy atom. The molecule has 20 heavy (non-hydrogen) atoms. The SMILES string of the molecule is CCNc1nc(CC)nc(NCCNS(C)(=O)=O)c1C. The predicted molar refractivity (Wildman–Crippen MR) is 81.6 cm³/mol. The van der Waals surface area contributed by atoms with Crippen molar-refractivity contribution < 1.29 is 8.42 Å². The van der Waals surface area contributed by atoms with Gasteiger partial charge in [0.25, 0.3) is 0 Å². The summed E-state index contributed by atoms with van der Waals surface area (Å²) in [5.41, 5.74) is 0.934. The summed E-state index contributed by atoms with van der Waals surface area (Å²) in [5, 5.41) is 6.34. The molecule has 1 rings (SSSR count). The van der Waals surface area contributed by atoms with Gasteiger partial charge in [-0.1, -0.05) is 6.92 Å². The van der Waals surface area contributed by atoms with Gasteiger partial charge in [-0.25, -0.2) is 23.1 Å². The number of aryl methyl sites for hydroxylation is 1. The highest BCUT2D eigenvalue weighted by atomic mass is 32.2. The summed E-state index contributed by atoms with van der Waals surface area (Å²) in [7, 11) is -3.15. The molecule has 8 heteroatoms. The minimum Gasteiger partial charge on any atom is -0.370 e. The molecule has 0 aliphatic rings. The number of hydrogen-bond donors (Lipinski definition) is 3. The molecule has 1 aromatic rings. The predicted octanol–water partition coefficient (Wildman–Crippen LogP) is 0.740. The average molecular weight is 301 g/mol. The van der Waals surface area contributed by atoms with Gasteiger partial charge in [0, 0.05) is 31.6 Å². The lowest BCUT2D eigenvalue weighted by Crippen LogP contribution is -2.28.